The van der Waals surface area contributed by atoms with Gasteiger partial charge in [-0.15, -0.1) is 0 Å². The first-order chi connectivity index (χ1) is 15.8. The number of para-hydroxylation sites is 2. The lowest BCUT2D eigenvalue weighted by Gasteiger charge is -2.27. The number of rotatable bonds is 8. The molecule has 0 saturated carbocycles. The molecule has 2 aliphatic rings. The van der Waals surface area contributed by atoms with Crippen molar-refractivity contribution in [3.63, 3.8) is 0 Å². The minimum atomic E-state index is 0. The van der Waals surface area contributed by atoms with E-state index >= 15 is 0 Å². The molecule has 0 unspecified atom stereocenters. The van der Waals surface area contributed by atoms with Crippen molar-refractivity contribution >= 4 is 17.1 Å². The molecule has 0 N–H and O–H groups in total. The fraction of sp³-hybridized carbons (Fsp3) is 0.452. The molecule has 2 aliphatic heterocycles. The molecule has 0 fully saturated rings. The van der Waals surface area contributed by atoms with Gasteiger partial charge in [-0.1, -0.05) is 83.0 Å². The molecular formula is C31H41IN2. The Kier molecular flexibility index (Phi) is 8.49. The largest absolute Gasteiger partial charge is 1.00 e. The molecule has 182 valence electrons. The Morgan fingerprint density at radius 1 is 0.824 bits per heavy atom. The summed E-state index contributed by atoms with van der Waals surface area (Å²) < 4.78 is 2.55. The van der Waals surface area contributed by atoms with Gasteiger partial charge in [0.1, 0.15) is 6.54 Å². The van der Waals surface area contributed by atoms with Gasteiger partial charge >= 0.3 is 0 Å². The maximum absolute atomic E-state index is 2.55. The van der Waals surface area contributed by atoms with Crippen molar-refractivity contribution < 1.29 is 28.6 Å². The van der Waals surface area contributed by atoms with Crippen LogP contribution < -0.4 is 28.9 Å². The molecule has 0 aromatic heterocycles. The summed E-state index contributed by atoms with van der Waals surface area (Å²) in [5.74, 6) is 0. The van der Waals surface area contributed by atoms with E-state index in [-0.39, 0.29) is 34.8 Å². The molecule has 2 aromatic carbocycles. The van der Waals surface area contributed by atoms with E-state index in [4.69, 9.17) is 0 Å². The molecule has 2 heterocycles. The zero-order valence-electron chi connectivity index (χ0n) is 21.9. The molecule has 0 atom stereocenters. The Morgan fingerprint density at radius 3 is 2.18 bits per heavy atom. The van der Waals surface area contributed by atoms with Gasteiger partial charge in [0.05, 0.1) is 5.41 Å². The van der Waals surface area contributed by atoms with Crippen molar-refractivity contribution in [1.82, 2.24) is 0 Å². The standard InChI is InChI=1S/C31H41N2.HI/c1-7-9-22-32-26-18-13-11-16-24(26)30(3,4)28(32)20-15-21-29-31(5,6)25-17-12-14-19-27(25)33(29)23-10-8-2;/h11-21H,7-10,22-23H2,1-6H3;1H/q+1;/p-1. The van der Waals surface area contributed by atoms with E-state index in [1.165, 1.54) is 59.6 Å². The van der Waals surface area contributed by atoms with E-state index < -0.39 is 0 Å². The summed E-state index contributed by atoms with van der Waals surface area (Å²) in [5, 5.41) is 0. The first kappa shape index (κ1) is 26.7. The maximum Gasteiger partial charge on any atom is 0.209 e. The molecule has 4 rings (SSSR count). The summed E-state index contributed by atoms with van der Waals surface area (Å²) in [6.45, 7) is 16.2. The number of nitrogens with zero attached hydrogens (tertiary/aromatic N) is 2. The fourth-order valence-electron chi connectivity index (χ4n) is 5.63. The molecule has 0 amide bonds. The first-order valence-electron chi connectivity index (χ1n) is 12.8. The first-order valence-corrected chi connectivity index (χ1v) is 12.8. The second-order valence-corrected chi connectivity index (χ2v) is 10.6. The number of fused-ring (bicyclic) bond motifs is 2. The van der Waals surface area contributed by atoms with Crippen LogP contribution in [-0.2, 0) is 10.8 Å². The quantitative estimate of drug-likeness (QED) is 0.324. The minimum Gasteiger partial charge on any atom is -1.00 e. The Hall–Kier alpha value is -1.88. The molecule has 0 aliphatic carbocycles. The summed E-state index contributed by atoms with van der Waals surface area (Å²) >= 11 is 0. The van der Waals surface area contributed by atoms with Crippen molar-refractivity contribution in [1.29, 1.82) is 0 Å². The summed E-state index contributed by atoms with van der Waals surface area (Å²) in [4.78, 5) is 2.55. The van der Waals surface area contributed by atoms with Crippen molar-refractivity contribution in [2.24, 2.45) is 0 Å². The molecule has 0 radical (unpaired) electrons. The van der Waals surface area contributed by atoms with Gasteiger partial charge in [0.15, 0.2) is 5.71 Å². The van der Waals surface area contributed by atoms with Crippen LogP contribution in [0, 0.1) is 0 Å². The van der Waals surface area contributed by atoms with Gasteiger partial charge < -0.3 is 28.9 Å². The Balaban J connectivity index is 0.00000324. The van der Waals surface area contributed by atoms with Crippen LogP contribution in [0.5, 0.6) is 0 Å². The third-order valence-electron chi connectivity index (χ3n) is 7.58. The van der Waals surface area contributed by atoms with Crippen molar-refractivity contribution in [3.05, 3.63) is 83.6 Å². The molecule has 34 heavy (non-hydrogen) atoms. The van der Waals surface area contributed by atoms with E-state index in [1.807, 2.05) is 0 Å². The smallest absolute Gasteiger partial charge is 0.209 e. The van der Waals surface area contributed by atoms with E-state index in [0.717, 1.165) is 13.1 Å². The summed E-state index contributed by atoms with van der Waals surface area (Å²) in [6.07, 6.45) is 11.9. The van der Waals surface area contributed by atoms with Crippen LogP contribution in [0.4, 0.5) is 11.4 Å². The minimum absolute atomic E-state index is 0. The lowest BCUT2D eigenvalue weighted by molar-refractivity contribution is -0.438. The topological polar surface area (TPSA) is 6.25 Å². The van der Waals surface area contributed by atoms with Crippen LogP contribution in [0.15, 0.2) is 72.5 Å². The number of halogens is 1. The van der Waals surface area contributed by atoms with Crippen molar-refractivity contribution in [2.75, 3.05) is 18.0 Å². The Morgan fingerprint density at radius 2 is 1.47 bits per heavy atom. The summed E-state index contributed by atoms with van der Waals surface area (Å²) in [7, 11) is 0. The number of hydrogen-bond acceptors (Lipinski definition) is 1. The monoisotopic (exact) mass is 568 g/mol. The van der Waals surface area contributed by atoms with Crippen LogP contribution in [0.2, 0.25) is 0 Å². The Labute approximate surface area is 224 Å². The normalized spacial score (nSPS) is 19.0. The highest BCUT2D eigenvalue weighted by atomic mass is 127. The summed E-state index contributed by atoms with van der Waals surface area (Å²) in [5.41, 5.74) is 8.45. The highest BCUT2D eigenvalue weighted by molar-refractivity contribution is 6.03. The third kappa shape index (κ3) is 4.65. The lowest BCUT2D eigenvalue weighted by atomic mass is 9.81. The second-order valence-electron chi connectivity index (χ2n) is 10.6. The molecule has 0 bridgehead atoms. The van der Waals surface area contributed by atoms with Gasteiger partial charge in [0.25, 0.3) is 0 Å². The zero-order valence-corrected chi connectivity index (χ0v) is 24.0. The molecule has 0 saturated heterocycles. The SMILES string of the molecule is CCCCN1/C(=C\C=C\C2=[N+](CCCC)c3ccccc3C2(C)C)C(C)(C)c2ccccc21.[I-]. The van der Waals surface area contributed by atoms with Crippen molar-refractivity contribution in [3.8, 4) is 0 Å². The van der Waals surface area contributed by atoms with E-state index in [1.54, 1.807) is 0 Å². The number of hydrogen-bond donors (Lipinski definition) is 0. The van der Waals surface area contributed by atoms with Gasteiger partial charge in [0, 0.05) is 47.5 Å². The predicted molar refractivity (Wildman–Crippen MR) is 143 cm³/mol. The van der Waals surface area contributed by atoms with Crippen LogP contribution in [0.1, 0.15) is 78.4 Å². The average Bonchev–Trinajstić information content (AvgIpc) is 3.16. The lowest BCUT2D eigenvalue weighted by Crippen LogP contribution is -3.00. The van der Waals surface area contributed by atoms with E-state index in [0.29, 0.717) is 0 Å². The van der Waals surface area contributed by atoms with Gasteiger partial charge in [-0.25, -0.2) is 0 Å². The highest BCUT2D eigenvalue weighted by Crippen LogP contribution is 2.47. The van der Waals surface area contributed by atoms with Crippen LogP contribution in [-0.4, -0.2) is 23.4 Å². The van der Waals surface area contributed by atoms with Gasteiger partial charge in [0.2, 0.25) is 5.69 Å². The van der Waals surface area contributed by atoms with E-state index in [2.05, 4.69) is 118 Å². The molecule has 3 heteroatoms. The average molecular weight is 569 g/mol. The van der Waals surface area contributed by atoms with Gasteiger partial charge in [-0.3, -0.25) is 0 Å². The number of allylic oxidation sites excluding steroid dienone is 4. The number of benzene rings is 2. The van der Waals surface area contributed by atoms with Crippen molar-refractivity contribution in [2.45, 2.75) is 78.1 Å². The molecule has 2 aromatic rings. The van der Waals surface area contributed by atoms with Gasteiger partial charge in [-0.05, 0) is 38.0 Å². The molecule has 0 spiro atoms. The number of unbranched alkanes of at least 4 members (excludes halogenated alkanes) is 2. The van der Waals surface area contributed by atoms with E-state index in [9.17, 15) is 0 Å². The fourth-order valence-corrected chi connectivity index (χ4v) is 5.63. The second kappa shape index (κ2) is 10.8. The highest BCUT2D eigenvalue weighted by Gasteiger charge is 2.44. The van der Waals surface area contributed by atoms with Crippen LogP contribution >= 0.6 is 0 Å². The third-order valence-corrected chi connectivity index (χ3v) is 7.58. The number of anilines is 1. The maximum atomic E-state index is 2.55. The summed E-state index contributed by atoms with van der Waals surface area (Å²) in [6, 6.07) is 17.9. The van der Waals surface area contributed by atoms with Gasteiger partial charge in [-0.2, -0.15) is 4.58 Å². The van der Waals surface area contributed by atoms with Crippen LogP contribution in [0.25, 0.3) is 0 Å². The zero-order chi connectivity index (χ0) is 23.6. The molecule has 2 nitrogen and oxygen atoms in total. The Bertz CT molecular complexity index is 1100. The predicted octanol–water partition coefficient (Wildman–Crippen LogP) is 4.90. The van der Waals surface area contributed by atoms with Crippen LogP contribution in [0.3, 0.4) is 0 Å². The molecular weight excluding hydrogens is 527 g/mol.